The van der Waals surface area contributed by atoms with Gasteiger partial charge in [0.1, 0.15) is 0 Å². The summed E-state index contributed by atoms with van der Waals surface area (Å²) in [5.74, 6) is -2.15. The fourth-order valence-electron chi connectivity index (χ4n) is 2.45. The minimum absolute atomic E-state index is 0.121. The molecule has 0 aromatic rings. The minimum Gasteiger partial charge on any atom is -0.481 e. The number of hydrogen-bond donors (Lipinski definition) is 2. The molecule has 0 aromatic carbocycles. The Labute approximate surface area is 104 Å². The molecule has 98 valence electrons. The highest BCUT2D eigenvalue weighted by molar-refractivity contribution is 7.05. The smallest absolute Gasteiger partial charge is 0.331 e. The summed E-state index contributed by atoms with van der Waals surface area (Å²) < 4.78 is 0. The van der Waals surface area contributed by atoms with E-state index in [0.29, 0.717) is 0 Å². The Balaban J connectivity index is 5.94. The van der Waals surface area contributed by atoms with Gasteiger partial charge in [0.15, 0.2) is 0 Å². The summed E-state index contributed by atoms with van der Waals surface area (Å²) >= 11 is 0. The first-order valence-corrected chi connectivity index (χ1v) is 12.6. The van der Waals surface area contributed by atoms with Crippen LogP contribution in [0.1, 0.15) is 6.42 Å². The van der Waals surface area contributed by atoms with Gasteiger partial charge in [0, 0.05) is 5.57 Å². The first-order chi connectivity index (χ1) is 7.37. The van der Waals surface area contributed by atoms with Crippen molar-refractivity contribution in [1.29, 1.82) is 0 Å². The van der Waals surface area contributed by atoms with E-state index < -0.39 is 28.1 Å². The van der Waals surface area contributed by atoms with Crippen LogP contribution in [0.25, 0.3) is 0 Å². The van der Waals surface area contributed by atoms with E-state index in [9.17, 15) is 14.7 Å². The summed E-state index contributed by atoms with van der Waals surface area (Å²) in [5, 5.41) is 18.1. The molecule has 0 aliphatic carbocycles. The lowest BCUT2D eigenvalue weighted by Crippen LogP contribution is -2.42. The quantitative estimate of drug-likeness (QED) is 0.597. The van der Waals surface area contributed by atoms with E-state index in [4.69, 9.17) is 5.11 Å². The Bertz CT molecular complexity index is 343. The van der Waals surface area contributed by atoms with E-state index in [1.165, 1.54) is 0 Å². The van der Waals surface area contributed by atoms with E-state index >= 15 is 0 Å². The molecule has 2 N–H and O–H groups in total. The van der Waals surface area contributed by atoms with Gasteiger partial charge in [-0.2, -0.15) is 0 Å². The van der Waals surface area contributed by atoms with E-state index in [-0.39, 0.29) is 12.0 Å². The molecule has 0 atom stereocenters. The van der Waals surface area contributed by atoms with Gasteiger partial charge in [-0.15, -0.1) is 0 Å². The van der Waals surface area contributed by atoms with Gasteiger partial charge in [0.05, 0.1) is 22.6 Å². The van der Waals surface area contributed by atoms with Crippen LogP contribution in [0.4, 0.5) is 0 Å². The number of carboxylic acids is 2. The van der Waals surface area contributed by atoms with Crippen molar-refractivity contribution < 1.29 is 19.8 Å². The van der Waals surface area contributed by atoms with Gasteiger partial charge >= 0.3 is 11.9 Å². The molecule has 0 heterocycles. The fourth-order valence-corrected chi connectivity index (χ4v) is 13.7. The molecule has 0 rings (SSSR count). The van der Waals surface area contributed by atoms with Crippen LogP contribution in [0, 0.1) is 0 Å². The first-order valence-electron chi connectivity index (χ1n) is 5.56. The molecular weight excluding hydrogens is 252 g/mol. The highest BCUT2D eigenvalue weighted by Crippen LogP contribution is 2.30. The number of hydrogen-bond acceptors (Lipinski definition) is 2. The predicted octanol–water partition coefficient (Wildman–Crippen LogP) is 2.60. The van der Waals surface area contributed by atoms with Gasteiger partial charge in [-0.3, -0.25) is 4.79 Å². The molecule has 0 spiro atoms. The largest absolute Gasteiger partial charge is 0.481 e. The van der Waals surface area contributed by atoms with Gasteiger partial charge in [-0.1, -0.05) is 44.1 Å². The SMILES string of the molecule is C[Si](C)(C)C(=C(CC(=O)O)C(=O)O)[Si](C)(C)C. The lowest BCUT2D eigenvalue weighted by atomic mass is 10.2. The monoisotopic (exact) mass is 274 g/mol. The molecule has 4 nitrogen and oxygen atoms in total. The highest BCUT2D eigenvalue weighted by atomic mass is 28.4. The summed E-state index contributed by atoms with van der Waals surface area (Å²) in [5.41, 5.74) is 0.121. The van der Waals surface area contributed by atoms with Gasteiger partial charge in [-0.25, -0.2) is 4.79 Å². The number of carbonyl (C=O) groups is 2. The maximum atomic E-state index is 11.3. The van der Waals surface area contributed by atoms with Crippen LogP contribution in [0.3, 0.4) is 0 Å². The predicted molar refractivity (Wildman–Crippen MR) is 73.6 cm³/mol. The zero-order valence-electron chi connectivity index (χ0n) is 11.4. The Morgan fingerprint density at radius 2 is 1.24 bits per heavy atom. The zero-order valence-corrected chi connectivity index (χ0v) is 13.4. The van der Waals surface area contributed by atoms with Crippen LogP contribution in [0.2, 0.25) is 39.3 Å². The third-order valence-corrected chi connectivity index (χ3v) is 10.5. The number of carboxylic acid groups (broad SMARTS) is 2. The molecule has 0 unspecified atom stereocenters. The van der Waals surface area contributed by atoms with Crippen LogP contribution in [-0.2, 0) is 9.59 Å². The summed E-state index contributed by atoms with van der Waals surface area (Å²) in [6.45, 7) is 12.4. The van der Waals surface area contributed by atoms with Crippen molar-refractivity contribution in [2.24, 2.45) is 0 Å². The van der Waals surface area contributed by atoms with Crippen LogP contribution in [-0.4, -0.2) is 38.3 Å². The second-order valence-electron chi connectivity index (χ2n) is 6.23. The fraction of sp³-hybridized carbons (Fsp3) is 0.636. The summed E-state index contributed by atoms with van der Waals surface area (Å²) in [6, 6.07) is 0. The Kier molecular flexibility index (Phi) is 4.91. The Morgan fingerprint density at radius 3 is 1.41 bits per heavy atom. The third kappa shape index (κ3) is 4.87. The van der Waals surface area contributed by atoms with Gasteiger partial charge in [0.25, 0.3) is 0 Å². The van der Waals surface area contributed by atoms with Crippen LogP contribution < -0.4 is 0 Å². The van der Waals surface area contributed by atoms with Crippen LogP contribution >= 0.6 is 0 Å². The Hall–Kier alpha value is -0.886. The first kappa shape index (κ1) is 16.1. The maximum absolute atomic E-state index is 11.3. The Morgan fingerprint density at radius 1 is 0.882 bits per heavy atom. The van der Waals surface area contributed by atoms with Crippen molar-refractivity contribution in [3.63, 3.8) is 0 Å². The van der Waals surface area contributed by atoms with Gasteiger partial charge in [-0.05, 0) is 0 Å². The zero-order chi connectivity index (χ0) is 14.0. The summed E-state index contributed by atoms with van der Waals surface area (Å²) in [7, 11) is -3.64. The van der Waals surface area contributed by atoms with E-state index in [1.54, 1.807) is 0 Å². The van der Waals surface area contributed by atoms with Crippen LogP contribution in [0.5, 0.6) is 0 Å². The average molecular weight is 274 g/mol. The maximum Gasteiger partial charge on any atom is 0.331 e. The molecule has 0 aromatic heterocycles. The van der Waals surface area contributed by atoms with Crippen molar-refractivity contribution in [2.45, 2.75) is 45.7 Å². The molecule has 0 radical (unpaired) electrons. The molecule has 17 heavy (non-hydrogen) atoms. The van der Waals surface area contributed by atoms with Gasteiger partial charge < -0.3 is 10.2 Å². The standard InChI is InChI=1S/C11H22O4Si2/c1-16(2,3)11(17(4,5)6)8(10(14)15)7-9(12)13/h7H2,1-6H3,(H,12,13)(H,14,15). The van der Waals surface area contributed by atoms with Crippen LogP contribution in [0.15, 0.2) is 10.4 Å². The van der Waals surface area contributed by atoms with E-state index in [1.807, 2.05) is 0 Å². The van der Waals surface area contributed by atoms with E-state index in [0.717, 1.165) is 4.82 Å². The van der Waals surface area contributed by atoms with Crippen molar-refractivity contribution in [3.05, 3.63) is 10.4 Å². The highest BCUT2D eigenvalue weighted by Gasteiger charge is 2.36. The summed E-state index contributed by atoms with van der Waals surface area (Å²) in [6.07, 6.45) is -0.376. The third-order valence-electron chi connectivity index (χ3n) is 2.39. The second-order valence-corrected chi connectivity index (χ2v) is 16.7. The van der Waals surface area contributed by atoms with Crippen molar-refractivity contribution >= 4 is 28.1 Å². The van der Waals surface area contributed by atoms with E-state index in [2.05, 4.69) is 39.3 Å². The van der Waals surface area contributed by atoms with Crippen molar-refractivity contribution in [2.75, 3.05) is 0 Å². The lowest BCUT2D eigenvalue weighted by molar-refractivity contribution is -0.139. The molecule has 6 heteroatoms. The molecule has 0 bridgehead atoms. The second kappa shape index (κ2) is 5.18. The molecule has 0 fully saturated rings. The molecule has 0 aliphatic heterocycles. The molecule has 0 amide bonds. The van der Waals surface area contributed by atoms with Crippen molar-refractivity contribution in [1.82, 2.24) is 0 Å². The number of rotatable bonds is 5. The normalized spacial score (nSPS) is 12.1. The lowest BCUT2D eigenvalue weighted by Gasteiger charge is -2.33. The molecule has 0 aliphatic rings. The molecule has 0 saturated carbocycles. The summed E-state index contributed by atoms with van der Waals surface area (Å²) in [4.78, 5) is 23.1. The average Bonchev–Trinajstić information content (AvgIpc) is 1.95. The van der Waals surface area contributed by atoms with Gasteiger partial charge in [0.2, 0.25) is 0 Å². The molecular formula is C11H22O4Si2. The minimum atomic E-state index is -1.82. The molecule has 0 saturated heterocycles. The number of aliphatic carboxylic acids is 2. The topological polar surface area (TPSA) is 74.6 Å². The van der Waals surface area contributed by atoms with Crippen molar-refractivity contribution in [3.8, 4) is 0 Å².